The molecule has 5 aromatic rings. The molecule has 2 aromatic carbocycles. The Morgan fingerprint density at radius 2 is 1.97 bits per heavy atom. The number of anilines is 1. The van der Waals surface area contributed by atoms with E-state index in [9.17, 15) is 13.2 Å². The van der Waals surface area contributed by atoms with Crippen LogP contribution in [-0.4, -0.2) is 37.0 Å². The number of aromatic nitrogens is 5. The lowest BCUT2D eigenvalue weighted by Crippen LogP contribution is -2.12. The van der Waals surface area contributed by atoms with E-state index in [0.29, 0.717) is 17.9 Å². The van der Waals surface area contributed by atoms with Crippen LogP contribution >= 0.6 is 11.8 Å². The highest BCUT2D eigenvalue weighted by atomic mass is 32.2. The third-order valence-electron chi connectivity index (χ3n) is 7.23. The number of nitrogens with one attached hydrogen (secondary N) is 1. The number of alkyl halides is 3. The van der Waals surface area contributed by atoms with Crippen molar-refractivity contribution in [2.45, 2.75) is 43.9 Å². The smallest absolute Gasteiger partial charge is 0.433 e. The summed E-state index contributed by atoms with van der Waals surface area (Å²) in [6, 6.07) is 13.5. The molecular weight excluding hydrogens is 525 g/mol. The van der Waals surface area contributed by atoms with E-state index >= 15 is 0 Å². The Bertz CT molecular complexity index is 1660. The number of nitrogens with zero attached hydrogens (tertiary/aromatic N) is 5. The van der Waals surface area contributed by atoms with Crippen molar-refractivity contribution in [3.05, 3.63) is 59.6 Å². The molecule has 7 nitrogen and oxygen atoms in total. The number of thioether (sulfide) groups is 1. The van der Waals surface area contributed by atoms with Crippen molar-refractivity contribution in [3.8, 4) is 11.4 Å². The van der Waals surface area contributed by atoms with Gasteiger partial charge in [-0.15, -0.1) is 10.2 Å². The second-order valence-electron chi connectivity index (χ2n) is 9.92. The maximum atomic E-state index is 13.1. The van der Waals surface area contributed by atoms with Crippen LogP contribution in [0.5, 0.6) is 0 Å². The number of pyridine rings is 1. The zero-order valence-electron chi connectivity index (χ0n) is 21.5. The molecule has 39 heavy (non-hydrogen) atoms. The molecule has 202 valence electrons. The van der Waals surface area contributed by atoms with E-state index in [2.05, 4.69) is 31.5 Å². The van der Waals surface area contributed by atoms with Gasteiger partial charge in [-0.1, -0.05) is 30.0 Å². The summed E-state index contributed by atoms with van der Waals surface area (Å²) < 4.78 is 46.3. The molecule has 1 unspecified atom stereocenters. The van der Waals surface area contributed by atoms with Gasteiger partial charge in [-0.05, 0) is 62.8 Å². The Kier molecular flexibility index (Phi) is 6.70. The third-order valence-corrected chi connectivity index (χ3v) is 8.33. The van der Waals surface area contributed by atoms with Crippen LogP contribution in [0.4, 0.5) is 18.9 Å². The summed E-state index contributed by atoms with van der Waals surface area (Å²) in [6.45, 7) is 2.76. The number of benzene rings is 2. The van der Waals surface area contributed by atoms with Gasteiger partial charge in [0.2, 0.25) is 0 Å². The van der Waals surface area contributed by atoms with Crippen molar-refractivity contribution >= 4 is 39.5 Å². The van der Waals surface area contributed by atoms with Crippen LogP contribution in [0.15, 0.2) is 52.0 Å². The van der Waals surface area contributed by atoms with Gasteiger partial charge in [0, 0.05) is 47.2 Å². The molecule has 1 N–H and O–H groups in total. The second-order valence-corrected chi connectivity index (χ2v) is 11.0. The van der Waals surface area contributed by atoms with Crippen LogP contribution in [-0.2, 0) is 19.6 Å². The minimum absolute atomic E-state index is 0.177. The second kappa shape index (κ2) is 10.2. The van der Waals surface area contributed by atoms with Gasteiger partial charge in [0.05, 0.1) is 5.52 Å². The summed E-state index contributed by atoms with van der Waals surface area (Å²) in [5.74, 6) is 0.924. The van der Waals surface area contributed by atoms with Gasteiger partial charge in [0.15, 0.2) is 16.6 Å². The van der Waals surface area contributed by atoms with E-state index in [1.54, 1.807) is 23.9 Å². The summed E-state index contributed by atoms with van der Waals surface area (Å²) in [6.07, 6.45) is -1.07. The molecule has 1 atom stereocenters. The third kappa shape index (κ3) is 5.07. The number of rotatable bonds is 6. The Hall–Kier alpha value is -3.60. The number of fused-ring (bicyclic) bond motifs is 4. The molecular formula is C28H27F3N6OS. The number of hydrogen-bond acceptors (Lipinski definition) is 7. The highest BCUT2D eigenvalue weighted by Gasteiger charge is 2.38. The maximum absolute atomic E-state index is 13.1. The molecule has 4 heterocycles. The van der Waals surface area contributed by atoms with Crippen LogP contribution < -0.4 is 5.32 Å². The van der Waals surface area contributed by atoms with Crippen molar-refractivity contribution in [3.63, 3.8) is 0 Å². The fourth-order valence-corrected chi connectivity index (χ4v) is 6.07. The van der Waals surface area contributed by atoms with Crippen LogP contribution in [0.25, 0.3) is 33.4 Å². The molecule has 0 amide bonds. The van der Waals surface area contributed by atoms with E-state index in [0.717, 1.165) is 76.0 Å². The molecule has 1 aliphatic rings. The topological polar surface area (TPSA) is 81.7 Å². The molecule has 0 spiro atoms. The standard InChI is InChI=1S/C28H27F3N6OS/c1-16-8-10-18-19(6-3-7-22(18)33-16)25-35-36-27(37(25)2)39-14-4-5-17-9-11-20-21(32-15-17)12-13-23-24(20)34-26(38-23)28(29,30)31/h3,6-8,10,12-13,17,32H,4-5,9,11,14-15H2,1-2H3. The number of aryl methyl sites for hydroxylation is 2. The van der Waals surface area contributed by atoms with Gasteiger partial charge >= 0.3 is 12.1 Å². The normalized spacial score (nSPS) is 15.9. The Morgan fingerprint density at radius 1 is 1.10 bits per heavy atom. The predicted molar refractivity (Wildman–Crippen MR) is 146 cm³/mol. The van der Waals surface area contributed by atoms with E-state index in [4.69, 9.17) is 4.42 Å². The van der Waals surface area contributed by atoms with Crippen molar-refractivity contribution < 1.29 is 17.6 Å². The molecule has 0 bridgehead atoms. The number of hydrogen-bond donors (Lipinski definition) is 1. The number of oxazole rings is 1. The lowest BCUT2D eigenvalue weighted by atomic mass is 9.96. The van der Waals surface area contributed by atoms with E-state index in [-0.39, 0.29) is 5.58 Å². The van der Waals surface area contributed by atoms with Gasteiger partial charge in [-0.3, -0.25) is 4.98 Å². The monoisotopic (exact) mass is 552 g/mol. The zero-order chi connectivity index (χ0) is 27.1. The van der Waals surface area contributed by atoms with Gasteiger partial charge < -0.3 is 14.3 Å². The van der Waals surface area contributed by atoms with Crippen LogP contribution in [0, 0.1) is 12.8 Å². The molecule has 1 aliphatic heterocycles. The molecule has 3 aromatic heterocycles. The van der Waals surface area contributed by atoms with Gasteiger partial charge in [0.1, 0.15) is 5.52 Å². The fourth-order valence-electron chi connectivity index (χ4n) is 5.20. The fraction of sp³-hybridized carbons (Fsp3) is 0.357. The van der Waals surface area contributed by atoms with Gasteiger partial charge in [-0.2, -0.15) is 13.2 Å². The first-order valence-electron chi connectivity index (χ1n) is 12.9. The predicted octanol–water partition coefficient (Wildman–Crippen LogP) is 7.05. The Morgan fingerprint density at radius 3 is 2.82 bits per heavy atom. The van der Waals surface area contributed by atoms with Crippen LogP contribution in [0.2, 0.25) is 0 Å². The van der Waals surface area contributed by atoms with E-state index in [1.807, 2.05) is 42.8 Å². The summed E-state index contributed by atoms with van der Waals surface area (Å²) in [4.78, 5) is 8.40. The lowest BCUT2D eigenvalue weighted by Gasteiger charge is -2.14. The highest BCUT2D eigenvalue weighted by Crippen LogP contribution is 2.36. The highest BCUT2D eigenvalue weighted by molar-refractivity contribution is 7.99. The number of halogens is 3. The van der Waals surface area contributed by atoms with Crippen LogP contribution in [0.1, 0.15) is 36.4 Å². The average molecular weight is 553 g/mol. The van der Waals surface area contributed by atoms with Gasteiger partial charge in [-0.25, -0.2) is 4.98 Å². The minimum Gasteiger partial charge on any atom is -0.433 e. The first kappa shape index (κ1) is 25.7. The molecule has 0 fully saturated rings. The zero-order valence-corrected chi connectivity index (χ0v) is 22.4. The van der Waals surface area contributed by atoms with E-state index in [1.165, 1.54) is 0 Å². The average Bonchev–Trinajstić information content (AvgIpc) is 3.45. The Balaban J connectivity index is 1.07. The first-order valence-corrected chi connectivity index (χ1v) is 13.9. The Labute approximate surface area is 227 Å². The van der Waals surface area contributed by atoms with Crippen molar-refractivity contribution in [2.24, 2.45) is 13.0 Å². The molecule has 0 saturated carbocycles. The van der Waals surface area contributed by atoms with Crippen LogP contribution in [0.3, 0.4) is 0 Å². The molecule has 0 radical (unpaired) electrons. The SMILES string of the molecule is Cc1ccc2c(-c3nnc(SCCCC4CCc5c(ccc6oc(C(F)(F)F)nc56)NC4)n3C)cccc2n1. The minimum atomic E-state index is -4.60. The summed E-state index contributed by atoms with van der Waals surface area (Å²) in [5.41, 5.74) is 5.04. The van der Waals surface area contributed by atoms with Crippen molar-refractivity contribution in [2.75, 3.05) is 17.6 Å². The molecule has 0 aliphatic carbocycles. The van der Waals surface area contributed by atoms with Crippen molar-refractivity contribution in [1.29, 1.82) is 0 Å². The summed E-state index contributed by atoms with van der Waals surface area (Å²) in [5, 5.41) is 14.2. The summed E-state index contributed by atoms with van der Waals surface area (Å²) >= 11 is 1.68. The van der Waals surface area contributed by atoms with Gasteiger partial charge in [0.25, 0.3) is 0 Å². The maximum Gasteiger partial charge on any atom is 0.468 e. The largest absolute Gasteiger partial charge is 0.468 e. The first-order chi connectivity index (χ1) is 18.8. The summed E-state index contributed by atoms with van der Waals surface area (Å²) in [7, 11) is 1.99. The quantitative estimate of drug-likeness (QED) is 0.179. The lowest BCUT2D eigenvalue weighted by molar-refractivity contribution is -0.156. The molecule has 11 heteroatoms. The van der Waals surface area contributed by atoms with Crippen molar-refractivity contribution in [1.82, 2.24) is 24.7 Å². The molecule has 0 saturated heterocycles. The molecule has 6 rings (SSSR count). The van der Waals surface area contributed by atoms with E-state index < -0.39 is 12.1 Å².